The maximum atomic E-state index is 3.23. The minimum atomic E-state index is -0.145. The molecule has 0 aliphatic rings. The van der Waals surface area contributed by atoms with Crippen molar-refractivity contribution in [3.63, 3.8) is 0 Å². The van der Waals surface area contributed by atoms with E-state index in [-0.39, 0.29) is 18.5 Å². The summed E-state index contributed by atoms with van der Waals surface area (Å²) < 4.78 is 0. The van der Waals surface area contributed by atoms with Crippen LogP contribution in [-0.2, 0) is 25.0 Å². The summed E-state index contributed by atoms with van der Waals surface area (Å²) in [4.78, 5) is 0. The molecule has 3 rings (SSSR count). The van der Waals surface area contributed by atoms with Gasteiger partial charge in [-0.15, -0.1) is 40.6 Å². The molecule has 0 saturated heterocycles. The summed E-state index contributed by atoms with van der Waals surface area (Å²) in [7, 11) is 0. The summed E-state index contributed by atoms with van der Waals surface area (Å²) in [6.45, 7) is 13.3. The Morgan fingerprint density at radius 2 is 1.46 bits per heavy atom. The van der Waals surface area contributed by atoms with Gasteiger partial charge in [0, 0.05) is 0 Å². The van der Waals surface area contributed by atoms with E-state index in [1.54, 1.807) is 5.56 Å². The number of rotatable bonds is 1. The third-order valence-electron chi connectivity index (χ3n) is 4.71. The summed E-state index contributed by atoms with van der Waals surface area (Å²) in [6.07, 6.45) is 1.17. The van der Waals surface area contributed by atoms with Crippen molar-refractivity contribution in [2.75, 3.05) is 0 Å². The van der Waals surface area contributed by atoms with Gasteiger partial charge in [0.15, 0.2) is 0 Å². The quantitative estimate of drug-likeness (QED) is 0.283. The summed E-state index contributed by atoms with van der Waals surface area (Å²) in [5.74, 6) is 0. The van der Waals surface area contributed by atoms with Crippen LogP contribution in [0.4, 0.5) is 0 Å². The van der Waals surface area contributed by atoms with Gasteiger partial charge < -0.3 is 0 Å². The predicted molar refractivity (Wildman–Crippen MR) is 112 cm³/mol. The van der Waals surface area contributed by atoms with Crippen molar-refractivity contribution in [2.24, 2.45) is 0 Å². The van der Waals surface area contributed by atoms with Gasteiger partial charge in [0.25, 0.3) is 0 Å². The first-order chi connectivity index (χ1) is 11.4. The molecule has 128 valence electrons. The van der Waals surface area contributed by atoms with Crippen molar-refractivity contribution in [2.45, 2.75) is 48.0 Å². The first-order valence-electron chi connectivity index (χ1n) is 8.17. The van der Waals surface area contributed by atoms with E-state index >= 15 is 0 Å². The van der Waals surface area contributed by atoms with E-state index in [2.05, 4.69) is 102 Å². The molecule has 0 aliphatic carbocycles. The average molecular weight is 529 g/mol. The van der Waals surface area contributed by atoms with Crippen LogP contribution in [-0.4, -0.2) is 0 Å². The van der Waals surface area contributed by atoms with E-state index in [1.807, 2.05) is 0 Å². The Morgan fingerprint density at radius 3 is 1.88 bits per heavy atom. The van der Waals surface area contributed by atoms with Gasteiger partial charge in [-0.05, 0) is 0 Å². The Labute approximate surface area is 170 Å². The molecule has 0 unspecified atom stereocenters. The summed E-state index contributed by atoms with van der Waals surface area (Å²) >= 11 is 6.32. The Balaban J connectivity index is 0.000000207. The van der Waals surface area contributed by atoms with Crippen molar-refractivity contribution in [3.8, 4) is 0 Å². The molecule has 0 saturated carbocycles. The van der Waals surface area contributed by atoms with Gasteiger partial charge in [0.2, 0.25) is 0 Å². The minimum absolute atomic E-state index is 0.145. The van der Waals surface area contributed by atoms with E-state index < -0.39 is 0 Å². The van der Waals surface area contributed by atoms with Crippen LogP contribution in [0, 0.1) is 34.6 Å². The molecule has 0 heterocycles. The van der Waals surface area contributed by atoms with Crippen LogP contribution in [0.3, 0.4) is 0 Å². The van der Waals surface area contributed by atoms with Crippen LogP contribution >= 0.6 is 24.4 Å². The topological polar surface area (TPSA) is 0 Å². The second kappa shape index (κ2) is 10.9. The molecule has 24 heavy (non-hydrogen) atoms. The van der Waals surface area contributed by atoms with Crippen molar-refractivity contribution < 1.29 is 18.5 Å². The first-order valence-corrected chi connectivity index (χ1v) is 19.4. The van der Waals surface area contributed by atoms with Crippen molar-refractivity contribution >= 4 is 35.2 Å². The summed E-state index contributed by atoms with van der Waals surface area (Å²) in [5, 5.41) is 2.69. The van der Waals surface area contributed by atoms with Gasteiger partial charge in [-0.2, -0.15) is 33.9 Å². The molecule has 0 radical (unpaired) electrons. The first kappa shape index (κ1) is 22.1. The van der Waals surface area contributed by atoms with Crippen LogP contribution in [0.5, 0.6) is 0 Å². The summed E-state index contributed by atoms with van der Waals surface area (Å²) in [6, 6.07) is 12.8. The second-order valence-electron chi connectivity index (χ2n) is 6.07. The van der Waals surface area contributed by atoms with Crippen molar-refractivity contribution in [3.05, 3.63) is 69.8 Å². The van der Waals surface area contributed by atoms with Crippen LogP contribution in [0.25, 0.3) is 10.8 Å². The number of aryl methyl sites for hydroxylation is 1. The van der Waals surface area contributed by atoms with Crippen molar-refractivity contribution in [1.29, 1.82) is 0 Å². The standard InChI is InChI=1S/C11H17.C10H9.2BrH.Zr/c1-6-11-9(4)7(2)8(3)10(11)5;1-8-6-9-4-2-3-5-10(9)7-8;;;/h6H2,1-5H3;2-7H,1H3;2*1H;/q2*-1;;;+4/p-2. The maximum absolute atomic E-state index is 3.23. The van der Waals surface area contributed by atoms with Crippen LogP contribution < -0.4 is 0 Å². The van der Waals surface area contributed by atoms with E-state index in [9.17, 15) is 0 Å². The van der Waals surface area contributed by atoms with E-state index in [0.717, 1.165) is 0 Å². The Kier molecular flexibility index (Phi) is 10.0. The molecule has 0 nitrogen and oxygen atoms in total. The zero-order valence-electron chi connectivity index (χ0n) is 15.4. The number of halogens is 2. The van der Waals surface area contributed by atoms with Gasteiger partial charge in [-0.1, -0.05) is 54.0 Å². The molecule has 0 spiro atoms. The van der Waals surface area contributed by atoms with Gasteiger partial charge in [-0.25, -0.2) is 0 Å². The molecule has 0 bridgehead atoms. The third-order valence-corrected chi connectivity index (χ3v) is 4.71. The third kappa shape index (κ3) is 5.78. The van der Waals surface area contributed by atoms with E-state index in [4.69, 9.17) is 0 Å². The molecule has 0 aromatic heterocycles. The molecule has 0 amide bonds. The Bertz CT molecular complexity index is 707. The van der Waals surface area contributed by atoms with Gasteiger partial charge >= 0.3 is 43.0 Å². The molecule has 0 fully saturated rings. The fraction of sp³-hybridized carbons (Fsp3) is 0.333. The number of fused-ring (bicyclic) bond motifs is 1. The molecule has 0 atom stereocenters. The number of hydrogen-bond acceptors (Lipinski definition) is 0. The van der Waals surface area contributed by atoms with Gasteiger partial charge in [0.05, 0.1) is 0 Å². The molecule has 0 aliphatic heterocycles. The monoisotopic (exact) mass is 526 g/mol. The fourth-order valence-corrected chi connectivity index (χ4v) is 3.13. The summed E-state index contributed by atoms with van der Waals surface area (Å²) in [5.41, 5.74) is 8.88. The van der Waals surface area contributed by atoms with Crippen LogP contribution in [0.15, 0.2) is 36.4 Å². The zero-order chi connectivity index (χ0) is 18.3. The number of benzene rings is 1. The zero-order valence-corrected chi connectivity index (χ0v) is 21.1. The molecule has 3 aromatic rings. The predicted octanol–water partition coefficient (Wildman–Crippen LogP) is 7.76. The molecule has 3 heteroatoms. The van der Waals surface area contributed by atoms with Gasteiger partial charge in [0.1, 0.15) is 0 Å². The Hall–Kier alpha value is 0.0231. The molecular formula is C21H26Br2Zr. The van der Waals surface area contributed by atoms with Crippen LogP contribution in [0.1, 0.15) is 40.3 Å². The van der Waals surface area contributed by atoms with E-state index in [0.29, 0.717) is 0 Å². The van der Waals surface area contributed by atoms with E-state index in [1.165, 1.54) is 45.0 Å². The van der Waals surface area contributed by atoms with Crippen molar-refractivity contribution in [1.82, 2.24) is 0 Å². The average Bonchev–Trinajstić information content (AvgIpc) is 3.02. The number of hydrogen-bond donors (Lipinski definition) is 0. The SMILES string of the molecule is CC[c-]1c(C)c(C)c(C)c1C.Cc1cc2ccccc2[cH-]1.[Br][Zr+2][Br]. The second-order valence-corrected chi connectivity index (χ2v) is 17.4. The fourth-order valence-electron chi connectivity index (χ4n) is 3.13. The molecule has 3 aromatic carbocycles. The normalized spacial score (nSPS) is 9.67. The van der Waals surface area contributed by atoms with Crippen LogP contribution in [0.2, 0.25) is 0 Å². The van der Waals surface area contributed by atoms with Gasteiger partial charge in [-0.3, -0.25) is 0 Å². The molecular weight excluding hydrogens is 503 g/mol. The molecule has 0 N–H and O–H groups in total. The Morgan fingerprint density at radius 1 is 0.958 bits per heavy atom.